The summed E-state index contributed by atoms with van der Waals surface area (Å²) in [6.45, 7) is 4.28. The number of furan rings is 1. The van der Waals surface area contributed by atoms with Gasteiger partial charge in [-0.15, -0.1) is 0 Å². The van der Waals surface area contributed by atoms with Gasteiger partial charge in [0.2, 0.25) is 5.91 Å². The van der Waals surface area contributed by atoms with Crippen LogP contribution in [0, 0.1) is 6.92 Å². The second-order valence-corrected chi connectivity index (χ2v) is 4.58. The molecule has 1 aliphatic heterocycles. The highest BCUT2D eigenvalue weighted by atomic mass is 16.4. The monoisotopic (exact) mass is 266 g/mol. The van der Waals surface area contributed by atoms with Crippen molar-refractivity contribution >= 4 is 11.8 Å². The molecule has 0 saturated carbocycles. The van der Waals surface area contributed by atoms with E-state index in [2.05, 4.69) is 5.32 Å². The van der Waals surface area contributed by atoms with Gasteiger partial charge in [-0.2, -0.15) is 0 Å². The van der Waals surface area contributed by atoms with Gasteiger partial charge in [-0.1, -0.05) is 0 Å². The summed E-state index contributed by atoms with van der Waals surface area (Å²) in [7, 11) is 0. The Kier molecular flexibility index (Phi) is 4.18. The molecule has 4 N–H and O–H groups in total. The van der Waals surface area contributed by atoms with Gasteiger partial charge >= 0.3 is 5.91 Å². The van der Waals surface area contributed by atoms with Gasteiger partial charge in [0.1, 0.15) is 5.76 Å². The van der Waals surface area contributed by atoms with Gasteiger partial charge in [-0.3, -0.25) is 19.9 Å². The molecule has 0 aromatic carbocycles. The first kappa shape index (κ1) is 13.6. The van der Waals surface area contributed by atoms with E-state index in [0.29, 0.717) is 25.4 Å². The van der Waals surface area contributed by atoms with E-state index >= 15 is 0 Å². The number of nitrogens with zero attached hydrogens (tertiary/aromatic N) is 1. The van der Waals surface area contributed by atoms with Gasteiger partial charge in [0, 0.05) is 25.2 Å². The predicted molar refractivity (Wildman–Crippen MR) is 68.0 cm³/mol. The normalized spacial score (nSPS) is 16.8. The minimum atomic E-state index is -0.456. The maximum absolute atomic E-state index is 11.5. The molecule has 2 heterocycles. The van der Waals surface area contributed by atoms with Crippen molar-refractivity contribution in [2.24, 2.45) is 5.84 Å². The molecule has 7 nitrogen and oxygen atoms in total. The molecule has 0 aliphatic carbocycles. The topological polar surface area (TPSA) is 101 Å². The molecule has 104 valence electrons. The van der Waals surface area contributed by atoms with Crippen LogP contribution in [0.1, 0.15) is 28.3 Å². The van der Waals surface area contributed by atoms with Crippen LogP contribution in [0.4, 0.5) is 0 Å². The standard InChI is InChI=1S/C12H18N4O3/c1-8-9(5-10(19-8)12(18)15-13)6-16-4-2-3-14-11(17)7-16/h5H,2-4,6-7,13H2,1H3,(H,14,17)(H,15,18). The first-order chi connectivity index (χ1) is 9.10. The number of rotatable bonds is 3. The Morgan fingerprint density at radius 2 is 2.42 bits per heavy atom. The number of carbonyl (C=O) groups is 2. The largest absolute Gasteiger partial charge is 0.456 e. The van der Waals surface area contributed by atoms with Crippen molar-refractivity contribution in [1.29, 1.82) is 0 Å². The van der Waals surface area contributed by atoms with Crippen molar-refractivity contribution in [3.05, 3.63) is 23.2 Å². The molecule has 0 bridgehead atoms. The molecule has 0 radical (unpaired) electrons. The Morgan fingerprint density at radius 3 is 3.16 bits per heavy atom. The van der Waals surface area contributed by atoms with Gasteiger partial charge in [0.15, 0.2) is 5.76 Å². The molecule has 1 saturated heterocycles. The summed E-state index contributed by atoms with van der Waals surface area (Å²) in [6.07, 6.45) is 0.915. The summed E-state index contributed by atoms with van der Waals surface area (Å²) in [4.78, 5) is 24.9. The molecule has 1 fully saturated rings. The molecule has 7 heteroatoms. The van der Waals surface area contributed by atoms with Crippen LogP contribution in [0.2, 0.25) is 0 Å². The Hall–Kier alpha value is -1.86. The second-order valence-electron chi connectivity index (χ2n) is 4.58. The number of nitrogens with two attached hydrogens (primary N) is 1. The molecule has 1 aliphatic rings. The Balaban J connectivity index is 2.07. The van der Waals surface area contributed by atoms with E-state index in [9.17, 15) is 9.59 Å². The third-order valence-electron chi connectivity index (χ3n) is 3.11. The summed E-state index contributed by atoms with van der Waals surface area (Å²) >= 11 is 0. The van der Waals surface area contributed by atoms with Crippen molar-refractivity contribution in [2.75, 3.05) is 19.6 Å². The number of amides is 2. The maximum atomic E-state index is 11.5. The second kappa shape index (κ2) is 5.85. The molecule has 1 aromatic rings. The van der Waals surface area contributed by atoms with Crippen LogP contribution >= 0.6 is 0 Å². The van der Waals surface area contributed by atoms with Crippen LogP contribution in [-0.4, -0.2) is 36.3 Å². The lowest BCUT2D eigenvalue weighted by molar-refractivity contribution is -0.121. The SMILES string of the molecule is Cc1oc(C(=O)NN)cc1CN1CCCNC(=O)C1. The van der Waals surface area contributed by atoms with Crippen LogP contribution in [-0.2, 0) is 11.3 Å². The predicted octanol–water partition coefficient (Wildman–Crippen LogP) is -0.487. The fraction of sp³-hybridized carbons (Fsp3) is 0.500. The molecule has 1 aromatic heterocycles. The van der Waals surface area contributed by atoms with E-state index in [-0.39, 0.29) is 11.7 Å². The number of nitrogen functional groups attached to an aromatic ring is 1. The van der Waals surface area contributed by atoms with Crippen molar-refractivity contribution in [1.82, 2.24) is 15.6 Å². The van der Waals surface area contributed by atoms with Crippen molar-refractivity contribution < 1.29 is 14.0 Å². The zero-order valence-electron chi connectivity index (χ0n) is 10.9. The maximum Gasteiger partial charge on any atom is 0.300 e. The average molecular weight is 266 g/mol. The molecule has 0 unspecified atom stereocenters. The summed E-state index contributed by atoms with van der Waals surface area (Å²) in [5.74, 6) is 5.49. The fourth-order valence-electron chi connectivity index (χ4n) is 2.10. The molecule has 2 rings (SSSR count). The van der Waals surface area contributed by atoms with Crippen LogP contribution in [0.5, 0.6) is 0 Å². The molecule has 2 amide bonds. The molecule has 19 heavy (non-hydrogen) atoms. The van der Waals surface area contributed by atoms with Gasteiger partial charge in [-0.05, 0) is 19.4 Å². The van der Waals surface area contributed by atoms with Gasteiger partial charge in [0.05, 0.1) is 6.54 Å². The van der Waals surface area contributed by atoms with Gasteiger partial charge < -0.3 is 9.73 Å². The van der Waals surface area contributed by atoms with Gasteiger partial charge in [0.25, 0.3) is 0 Å². The minimum Gasteiger partial charge on any atom is -0.456 e. The lowest BCUT2D eigenvalue weighted by Crippen LogP contribution is -2.32. The van der Waals surface area contributed by atoms with E-state index in [0.717, 1.165) is 18.5 Å². The highest BCUT2D eigenvalue weighted by molar-refractivity contribution is 5.91. The third-order valence-corrected chi connectivity index (χ3v) is 3.11. The Bertz CT molecular complexity index is 483. The molecular weight excluding hydrogens is 248 g/mol. The van der Waals surface area contributed by atoms with Crippen molar-refractivity contribution in [2.45, 2.75) is 19.9 Å². The zero-order valence-corrected chi connectivity index (χ0v) is 10.9. The Labute approximate surface area is 111 Å². The summed E-state index contributed by atoms with van der Waals surface area (Å²) in [5, 5.41) is 2.82. The number of hydrazine groups is 1. The number of aryl methyl sites for hydroxylation is 1. The van der Waals surface area contributed by atoms with Crippen LogP contribution in [0.15, 0.2) is 10.5 Å². The smallest absolute Gasteiger partial charge is 0.300 e. The Morgan fingerprint density at radius 1 is 1.63 bits per heavy atom. The van der Waals surface area contributed by atoms with Crippen LogP contribution in [0.3, 0.4) is 0 Å². The van der Waals surface area contributed by atoms with Crippen LogP contribution < -0.4 is 16.6 Å². The van der Waals surface area contributed by atoms with Crippen LogP contribution in [0.25, 0.3) is 0 Å². The molecule has 0 spiro atoms. The van der Waals surface area contributed by atoms with E-state index in [1.807, 2.05) is 10.3 Å². The highest BCUT2D eigenvalue weighted by Crippen LogP contribution is 2.17. The van der Waals surface area contributed by atoms with Gasteiger partial charge in [-0.25, -0.2) is 5.84 Å². The summed E-state index contributed by atoms with van der Waals surface area (Å²) < 4.78 is 5.35. The molecular formula is C12H18N4O3. The van der Waals surface area contributed by atoms with Crippen molar-refractivity contribution in [3.8, 4) is 0 Å². The number of hydrogen-bond donors (Lipinski definition) is 3. The van der Waals surface area contributed by atoms with E-state index < -0.39 is 5.91 Å². The quantitative estimate of drug-likeness (QED) is 0.389. The lowest BCUT2D eigenvalue weighted by Gasteiger charge is -2.17. The number of carbonyl (C=O) groups excluding carboxylic acids is 2. The summed E-state index contributed by atoms with van der Waals surface area (Å²) in [6, 6.07) is 1.67. The zero-order chi connectivity index (χ0) is 13.8. The third kappa shape index (κ3) is 3.33. The van der Waals surface area contributed by atoms with E-state index in [4.69, 9.17) is 10.3 Å². The lowest BCUT2D eigenvalue weighted by atomic mass is 10.2. The highest BCUT2D eigenvalue weighted by Gasteiger charge is 2.19. The number of hydrogen-bond acceptors (Lipinski definition) is 5. The van der Waals surface area contributed by atoms with E-state index in [1.54, 1.807) is 13.0 Å². The molecule has 0 atom stereocenters. The first-order valence-electron chi connectivity index (χ1n) is 6.19. The summed E-state index contributed by atoms with van der Waals surface area (Å²) in [5.41, 5.74) is 2.93. The minimum absolute atomic E-state index is 0.0265. The number of nitrogens with one attached hydrogen (secondary N) is 2. The fourth-order valence-corrected chi connectivity index (χ4v) is 2.10. The average Bonchev–Trinajstić information content (AvgIpc) is 2.61. The first-order valence-corrected chi connectivity index (χ1v) is 6.19. The van der Waals surface area contributed by atoms with E-state index in [1.165, 1.54) is 0 Å². The van der Waals surface area contributed by atoms with Crippen molar-refractivity contribution in [3.63, 3.8) is 0 Å².